The number of benzene rings is 3. The van der Waals surface area contributed by atoms with Gasteiger partial charge in [0.05, 0.1) is 18.0 Å². The summed E-state index contributed by atoms with van der Waals surface area (Å²) in [6.45, 7) is 2.96. The highest BCUT2D eigenvalue weighted by atomic mass is 32.2. The average molecular weight is 397 g/mol. The second-order valence-electron chi connectivity index (χ2n) is 6.47. The van der Waals surface area contributed by atoms with E-state index in [1.54, 1.807) is 12.1 Å². The third-order valence-corrected chi connectivity index (χ3v) is 7.65. The van der Waals surface area contributed by atoms with Crippen LogP contribution in [-0.2, 0) is 15.8 Å². The summed E-state index contributed by atoms with van der Waals surface area (Å²) in [6.07, 6.45) is 0. The number of aryl methyl sites for hydroxylation is 1. The average Bonchev–Trinajstić information content (AvgIpc) is 3.16. The van der Waals surface area contributed by atoms with Crippen LogP contribution in [-0.4, -0.2) is 31.0 Å². The quantitative estimate of drug-likeness (QED) is 0.655. The first-order chi connectivity index (χ1) is 13.1. The minimum Gasteiger partial charge on any atom is -0.260 e. The standard InChI is InChI=1S/C21H20N2O2S2/c1-16-6-2-3-9-19(16)15-26-21-22-12-13-23(21)27(24,25)20-11-10-17-7-4-5-8-18(17)14-20/h2-11,14H,12-13,15H2,1H3. The molecule has 0 saturated carbocycles. The second kappa shape index (κ2) is 7.37. The van der Waals surface area contributed by atoms with E-state index >= 15 is 0 Å². The van der Waals surface area contributed by atoms with Gasteiger partial charge in [0.1, 0.15) is 0 Å². The molecule has 0 aromatic heterocycles. The number of nitrogens with zero attached hydrogens (tertiary/aromatic N) is 2. The minimum absolute atomic E-state index is 0.312. The molecule has 0 spiro atoms. The zero-order chi connectivity index (χ0) is 18.9. The van der Waals surface area contributed by atoms with Crippen molar-refractivity contribution in [2.24, 2.45) is 4.99 Å². The van der Waals surface area contributed by atoms with Gasteiger partial charge in [0.25, 0.3) is 10.0 Å². The number of aliphatic imine (C=N–C) groups is 1. The second-order valence-corrected chi connectivity index (χ2v) is 9.27. The Morgan fingerprint density at radius 2 is 1.74 bits per heavy atom. The molecular weight excluding hydrogens is 376 g/mol. The highest BCUT2D eigenvalue weighted by Gasteiger charge is 2.31. The van der Waals surface area contributed by atoms with Crippen molar-refractivity contribution in [1.29, 1.82) is 0 Å². The van der Waals surface area contributed by atoms with Crippen molar-refractivity contribution in [3.8, 4) is 0 Å². The lowest BCUT2D eigenvalue weighted by Crippen LogP contribution is -2.32. The fourth-order valence-corrected chi connectivity index (χ4v) is 5.96. The summed E-state index contributed by atoms with van der Waals surface area (Å²) in [7, 11) is -3.61. The Hall–Kier alpha value is -2.31. The van der Waals surface area contributed by atoms with Gasteiger partial charge in [-0.05, 0) is 41.0 Å². The van der Waals surface area contributed by atoms with Gasteiger partial charge in [0.15, 0.2) is 5.17 Å². The van der Waals surface area contributed by atoms with Gasteiger partial charge in [-0.2, -0.15) is 0 Å². The largest absolute Gasteiger partial charge is 0.265 e. The molecule has 27 heavy (non-hydrogen) atoms. The molecule has 0 N–H and O–H groups in total. The predicted octanol–water partition coefficient (Wildman–Crippen LogP) is 4.44. The minimum atomic E-state index is -3.61. The van der Waals surface area contributed by atoms with Crippen LogP contribution in [0.5, 0.6) is 0 Å². The van der Waals surface area contributed by atoms with Crippen molar-refractivity contribution >= 4 is 37.7 Å². The lowest BCUT2D eigenvalue weighted by Gasteiger charge is -2.20. The van der Waals surface area contributed by atoms with Crippen LogP contribution in [0.25, 0.3) is 10.8 Å². The molecule has 0 bridgehead atoms. The lowest BCUT2D eigenvalue weighted by molar-refractivity contribution is 0.540. The van der Waals surface area contributed by atoms with E-state index in [1.807, 2.05) is 42.5 Å². The van der Waals surface area contributed by atoms with Gasteiger partial charge in [-0.25, -0.2) is 12.7 Å². The van der Waals surface area contributed by atoms with Crippen molar-refractivity contribution in [3.63, 3.8) is 0 Å². The molecule has 0 saturated heterocycles. The van der Waals surface area contributed by atoms with E-state index < -0.39 is 10.0 Å². The number of hydrogen-bond acceptors (Lipinski definition) is 4. The number of amidine groups is 1. The van der Waals surface area contributed by atoms with Crippen LogP contribution in [0.1, 0.15) is 11.1 Å². The van der Waals surface area contributed by atoms with Crippen molar-refractivity contribution in [2.45, 2.75) is 17.6 Å². The third-order valence-electron chi connectivity index (χ3n) is 4.69. The maximum absolute atomic E-state index is 13.2. The monoisotopic (exact) mass is 396 g/mol. The molecule has 1 heterocycles. The molecule has 0 unspecified atom stereocenters. The number of sulfonamides is 1. The maximum atomic E-state index is 13.2. The topological polar surface area (TPSA) is 49.7 Å². The summed E-state index contributed by atoms with van der Waals surface area (Å²) in [6, 6.07) is 21.2. The SMILES string of the molecule is Cc1ccccc1CSC1=NCCN1S(=O)(=O)c1ccc2ccccc2c1. The summed E-state index contributed by atoms with van der Waals surface area (Å²) in [5.74, 6) is 0.704. The molecule has 1 aliphatic rings. The third kappa shape index (κ3) is 3.59. The Bertz CT molecular complexity index is 1120. The first-order valence-corrected chi connectivity index (χ1v) is 11.2. The Morgan fingerprint density at radius 3 is 2.56 bits per heavy atom. The normalized spacial score (nSPS) is 14.6. The smallest absolute Gasteiger partial charge is 0.260 e. The number of thioether (sulfide) groups is 1. The number of fused-ring (bicyclic) bond motifs is 1. The van der Waals surface area contributed by atoms with Gasteiger partial charge >= 0.3 is 0 Å². The van der Waals surface area contributed by atoms with Gasteiger partial charge in [0, 0.05) is 5.75 Å². The van der Waals surface area contributed by atoms with Crippen LogP contribution in [0.3, 0.4) is 0 Å². The summed E-state index contributed by atoms with van der Waals surface area (Å²) >= 11 is 1.48. The molecule has 0 radical (unpaired) electrons. The van der Waals surface area contributed by atoms with Gasteiger partial charge in [0.2, 0.25) is 0 Å². The zero-order valence-corrected chi connectivity index (χ0v) is 16.6. The number of rotatable bonds is 4. The molecule has 6 heteroatoms. The molecule has 0 amide bonds. The van der Waals surface area contributed by atoms with Crippen LogP contribution in [0.15, 0.2) is 76.6 Å². The molecule has 0 fully saturated rings. The number of hydrogen-bond donors (Lipinski definition) is 0. The Balaban J connectivity index is 1.58. The molecule has 0 aliphatic carbocycles. The molecule has 0 atom stereocenters. The lowest BCUT2D eigenvalue weighted by atomic mass is 10.1. The molecule has 3 aromatic rings. The van der Waals surface area contributed by atoms with Crippen molar-refractivity contribution < 1.29 is 8.42 Å². The maximum Gasteiger partial charge on any atom is 0.265 e. The van der Waals surface area contributed by atoms with Crippen LogP contribution >= 0.6 is 11.8 Å². The molecule has 3 aromatic carbocycles. The van der Waals surface area contributed by atoms with E-state index in [9.17, 15) is 8.42 Å². The van der Waals surface area contributed by atoms with Crippen LogP contribution in [0, 0.1) is 6.92 Å². The van der Waals surface area contributed by atoms with E-state index in [0.717, 1.165) is 10.8 Å². The Labute approximate surface area is 164 Å². The fraction of sp³-hybridized carbons (Fsp3) is 0.190. The predicted molar refractivity (Wildman–Crippen MR) is 113 cm³/mol. The molecule has 138 valence electrons. The van der Waals surface area contributed by atoms with Crippen molar-refractivity contribution in [1.82, 2.24) is 4.31 Å². The van der Waals surface area contributed by atoms with Gasteiger partial charge in [-0.1, -0.05) is 66.4 Å². The van der Waals surface area contributed by atoms with E-state index in [2.05, 4.69) is 24.0 Å². The van der Waals surface area contributed by atoms with E-state index in [-0.39, 0.29) is 0 Å². The van der Waals surface area contributed by atoms with Gasteiger partial charge in [-0.3, -0.25) is 4.99 Å². The van der Waals surface area contributed by atoms with Crippen molar-refractivity contribution in [3.05, 3.63) is 77.9 Å². The first kappa shape index (κ1) is 18.1. The van der Waals surface area contributed by atoms with E-state index in [4.69, 9.17) is 0 Å². The summed E-state index contributed by atoms with van der Waals surface area (Å²) in [5.41, 5.74) is 2.40. The summed E-state index contributed by atoms with van der Waals surface area (Å²) in [4.78, 5) is 4.75. The van der Waals surface area contributed by atoms with E-state index in [1.165, 1.54) is 27.2 Å². The molecule has 4 rings (SSSR count). The van der Waals surface area contributed by atoms with Gasteiger partial charge < -0.3 is 0 Å². The summed E-state index contributed by atoms with van der Waals surface area (Å²) in [5, 5.41) is 2.52. The van der Waals surface area contributed by atoms with Crippen LogP contribution in [0.2, 0.25) is 0 Å². The Kier molecular flexibility index (Phi) is 4.93. The van der Waals surface area contributed by atoms with Gasteiger partial charge in [-0.15, -0.1) is 0 Å². The highest BCUT2D eigenvalue weighted by Crippen LogP contribution is 2.28. The van der Waals surface area contributed by atoms with Crippen molar-refractivity contribution in [2.75, 3.05) is 13.1 Å². The first-order valence-electron chi connectivity index (χ1n) is 8.79. The van der Waals surface area contributed by atoms with Crippen LogP contribution < -0.4 is 0 Å². The fourth-order valence-electron chi connectivity index (χ4n) is 3.12. The zero-order valence-electron chi connectivity index (χ0n) is 15.0. The summed E-state index contributed by atoms with van der Waals surface area (Å²) < 4.78 is 27.8. The highest BCUT2D eigenvalue weighted by molar-refractivity contribution is 8.14. The molecular formula is C21H20N2O2S2. The Morgan fingerprint density at radius 1 is 1.00 bits per heavy atom. The molecule has 1 aliphatic heterocycles. The van der Waals surface area contributed by atoms with E-state index in [0.29, 0.717) is 28.9 Å². The molecule has 4 nitrogen and oxygen atoms in total. The van der Waals surface area contributed by atoms with Crippen LogP contribution in [0.4, 0.5) is 0 Å².